The number of carbonyl (C=O) groups is 1. The lowest BCUT2D eigenvalue weighted by Crippen LogP contribution is -2.17. The topological polar surface area (TPSA) is 98.8 Å². The predicted octanol–water partition coefficient (Wildman–Crippen LogP) is 3.65. The van der Waals surface area contributed by atoms with Gasteiger partial charge >= 0.3 is 5.97 Å². The molecule has 0 amide bonds. The highest BCUT2D eigenvalue weighted by molar-refractivity contribution is 9.10. The molecule has 1 aromatic carbocycles. The molecule has 0 aliphatic heterocycles. The van der Waals surface area contributed by atoms with Gasteiger partial charge in [0.25, 0.3) is 5.69 Å². The van der Waals surface area contributed by atoms with Gasteiger partial charge in [-0.15, -0.1) is 0 Å². The van der Waals surface area contributed by atoms with Crippen LogP contribution < -0.4 is 5.32 Å². The van der Waals surface area contributed by atoms with Crippen LogP contribution in [0.2, 0.25) is 0 Å². The van der Waals surface area contributed by atoms with E-state index in [2.05, 4.69) is 26.2 Å². The Bertz CT molecular complexity index is 986. The normalized spacial score (nSPS) is 10.7. The van der Waals surface area contributed by atoms with Crippen molar-refractivity contribution < 1.29 is 14.5 Å². The molecule has 0 saturated carbocycles. The fourth-order valence-electron chi connectivity index (χ4n) is 2.52. The molecule has 0 aliphatic carbocycles. The molecule has 8 nitrogen and oxygen atoms in total. The molecule has 0 bridgehead atoms. The summed E-state index contributed by atoms with van der Waals surface area (Å²) in [6, 6.07) is 9.85. The van der Waals surface area contributed by atoms with E-state index in [1.54, 1.807) is 35.7 Å². The standard InChI is InChI=1S/C17H15BrN4O4/c1-2-26-15(23)9-19-17-16(11-4-3-5-13(8-11)22(24)25)20-14-7-6-12(18)10-21(14)17/h3-8,10,19H,2,9H2,1H3. The first-order valence-electron chi connectivity index (χ1n) is 7.81. The second-order valence-electron chi connectivity index (χ2n) is 5.35. The number of non-ortho nitro benzene ring substituents is 1. The summed E-state index contributed by atoms with van der Waals surface area (Å²) >= 11 is 3.41. The number of aromatic nitrogens is 2. The van der Waals surface area contributed by atoms with Crippen LogP contribution in [0.25, 0.3) is 16.9 Å². The van der Waals surface area contributed by atoms with E-state index in [0.29, 0.717) is 22.7 Å². The third-order valence-electron chi connectivity index (χ3n) is 3.62. The molecule has 0 saturated heterocycles. The zero-order valence-electron chi connectivity index (χ0n) is 13.8. The zero-order chi connectivity index (χ0) is 18.7. The maximum atomic E-state index is 11.7. The summed E-state index contributed by atoms with van der Waals surface area (Å²) in [6.45, 7) is 1.98. The third kappa shape index (κ3) is 3.67. The molecule has 134 valence electrons. The van der Waals surface area contributed by atoms with Crippen molar-refractivity contribution in [3.63, 3.8) is 0 Å². The number of ether oxygens (including phenoxy) is 1. The molecular formula is C17H15BrN4O4. The highest BCUT2D eigenvalue weighted by atomic mass is 79.9. The Labute approximate surface area is 157 Å². The summed E-state index contributed by atoms with van der Waals surface area (Å²) in [4.78, 5) is 26.9. The van der Waals surface area contributed by atoms with Crippen LogP contribution in [-0.2, 0) is 9.53 Å². The van der Waals surface area contributed by atoms with Gasteiger partial charge in [-0.3, -0.25) is 19.3 Å². The van der Waals surface area contributed by atoms with Crippen molar-refractivity contribution in [1.29, 1.82) is 0 Å². The number of fused-ring (bicyclic) bond motifs is 1. The van der Waals surface area contributed by atoms with E-state index in [-0.39, 0.29) is 18.8 Å². The molecule has 26 heavy (non-hydrogen) atoms. The van der Waals surface area contributed by atoms with Crippen molar-refractivity contribution in [3.8, 4) is 11.3 Å². The number of rotatable bonds is 6. The van der Waals surface area contributed by atoms with Gasteiger partial charge in [-0.1, -0.05) is 12.1 Å². The first-order chi connectivity index (χ1) is 12.5. The summed E-state index contributed by atoms with van der Waals surface area (Å²) in [5, 5.41) is 14.1. The van der Waals surface area contributed by atoms with Crippen LogP contribution >= 0.6 is 15.9 Å². The number of halogens is 1. The molecule has 2 aromatic heterocycles. The van der Waals surface area contributed by atoms with Crippen LogP contribution in [-0.4, -0.2) is 33.4 Å². The van der Waals surface area contributed by atoms with Gasteiger partial charge in [0.1, 0.15) is 23.7 Å². The van der Waals surface area contributed by atoms with E-state index < -0.39 is 10.9 Å². The summed E-state index contributed by atoms with van der Waals surface area (Å²) in [7, 11) is 0. The maximum absolute atomic E-state index is 11.7. The van der Waals surface area contributed by atoms with Gasteiger partial charge in [0.15, 0.2) is 0 Å². The minimum atomic E-state index is -0.457. The third-order valence-corrected chi connectivity index (χ3v) is 4.09. The molecule has 0 atom stereocenters. The lowest BCUT2D eigenvalue weighted by Gasteiger charge is -2.08. The average molecular weight is 419 g/mol. The Morgan fingerprint density at radius 3 is 2.92 bits per heavy atom. The minimum absolute atomic E-state index is 0.0305. The average Bonchev–Trinajstić information content (AvgIpc) is 2.98. The molecule has 1 N–H and O–H groups in total. The summed E-state index contributed by atoms with van der Waals surface area (Å²) in [6.07, 6.45) is 1.80. The quantitative estimate of drug-likeness (QED) is 0.372. The van der Waals surface area contributed by atoms with Gasteiger partial charge in [-0.25, -0.2) is 4.98 Å². The van der Waals surface area contributed by atoms with Gasteiger partial charge in [-0.05, 0) is 35.0 Å². The SMILES string of the molecule is CCOC(=O)CNc1c(-c2cccc([N+](=O)[O-])c2)nc2ccc(Br)cn12. The highest BCUT2D eigenvalue weighted by Gasteiger charge is 2.17. The lowest BCUT2D eigenvalue weighted by atomic mass is 10.1. The van der Waals surface area contributed by atoms with Crippen molar-refractivity contribution in [2.75, 3.05) is 18.5 Å². The van der Waals surface area contributed by atoms with Gasteiger partial charge in [0.2, 0.25) is 0 Å². The van der Waals surface area contributed by atoms with E-state index in [9.17, 15) is 14.9 Å². The van der Waals surface area contributed by atoms with Gasteiger partial charge < -0.3 is 10.1 Å². The van der Waals surface area contributed by atoms with Gasteiger partial charge in [-0.2, -0.15) is 0 Å². The Morgan fingerprint density at radius 2 is 2.19 bits per heavy atom. The monoisotopic (exact) mass is 418 g/mol. The molecule has 0 radical (unpaired) electrons. The maximum Gasteiger partial charge on any atom is 0.325 e. The highest BCUT2D eigenvalue weighted by Crippen LogP contribution is 2.31. The molecule has 3 aromatic rings. The van der Waals surface area contributed by atoms with Crippen molar-refractivity contribution in [2.45, 2.75) is 6.92 Å². The van der Waals surface area contributed by atoms with Crippen LogP contribution in [0, 0.1) is 10.1 Å². The van der Waals surface area contributed by atoms with Crippen LogP contribution in [0.4, 0.5) is 11.5 Å². The fourth-order valence-corrected chi connectivity index (χ4v) is 2.86. The largest absolute Gasteiger partial charge is 0.465 e. The lowest BCUT2D eigenvalue weighted by molar-refractivity contribution is -0.384. The summed E-state index contributed by atoms with van der Waals surface area (Å²) < 4.78 is 7.54. The summed E-state index contributed by atoms with van der Waals surface area (Å²) in [5.41, 5.74) is 1.69. The van der Waals surface area contributed by atoms with E-state index in [1.807, 2.05) is 6.07 Å². The van der Waals surface area contributed by atoms with Crippen molar-refractivity contribution in [3.05, 3.63) is 57.2 Å². The number of nitrogens with one attached hydrogen (secondary N) is 1. The number of nitro benzene ring substituents is 1. The molecule has 3 rings (SSSR count). The number of imidazole rings is 1. The van der Waals surface area contributed by atoms with Crippen molar-refractivity contribution >= 4 is 39.1 Å². The second-order valence-corrected chi connectivity index (χ2v) is 6.27. The van der Waals surface area contributed by atoms with Gasteiger partial charge in [0.05, 0.1) is 11.5 Å². The van der Waals surface area contributed by atoms with Gasteiger partial charge in [0, 0.05) is 28.4 Å². The Morgan fingerprint density at radius 1 is 1.38 bits per heavy atom. The second kappa shape index (κ2) is 7.52. The van der Waals surface area contributed by atoms with Crippen molar-refractivity contribution in [1.82, 2.24) is 9.38 Å². The fraction of sp³-hybridized carbons (Fsp3) is 0.176. The number of hydrogen-bond donors (Lipinski definition) is 1. The van der Waals surface area contributed by atoms with Crippen LogP contribution in [0.5, 0.6) is 0 Å². The molecular weight excluding hydrogens is 404 g/mol. The first-order valence-corrected chi connectivity index (χ1v) is 8.61. The van der Waals surface area contributed by atoms with E-state index in [4.69, 9.17) is 4.74 Å². The Hall–Kier alpha value is -2.94. The smallest absolute Gasteiger partial charge is 0.325 e. The van der Waals surface area contributed by atoms with Crippen LogP contribution in [0.3, 0.4) is 0 Å². The van der Waals surface area contributed by atoms with Crippen molar-refractivity contribution in [2.24, 2.45) is 0 Å². The molecule has 2 heterocycles. The summed E-state index contributed by atoms with van der Waals surface area (Å²) in [5.74, 6) is 0.150. The molecule has 9 heteroatoms. The Kier molecular flexibility index (Phi) is 5.17. The minimum Gasteiger partial charge on any atom is -0.465 e. The number of carbonyl (C=O) groups excluding carboxylic acids is 1. The number of anilines is 1. The number of nitro groups is 1. The molecule has 0 spiro atoms. The number of nitrogens with zero attached hydrogens (tertiary/aromatic N) is 3. The number of pyridine rings is 1. The molecule has 0 unspecified atom stereocenters. The molecule has 0 aliphatic rings. The Balaban J connectivity index is 2.09. The number of benzene rings is 1. The number of esters is 1. The van der Waals surface area contributed by atoms with E-state index >= 15 is 0 Å². The zero-order valence-corrected chi connectivity index (χ0v) is 15.4. The predicted molar refractivity (Wildman–Crippen MR) is 100 cm³/mol. The number of hydrogen-bond acceptors (Lipinski definition) is 6. The first kappa shape index (κ1) is 17.9. The van der Waals surface area contributed by atoms with Crippen LogP contribution in [0.1, 0.15) is 6.92 Å². The van der Waals surface area contributed by atoms with E-state index in [1.165, 1.54) is 12.1 Å². The van der Waals surface area contributed by atoms with Crippen LogP contribution in [0.15, 0.2) is 47.1 Å². The molecule has 0 fully saturated rings. The van der Waals surface area contributed by atoms with E-state index in [0.717, 1.165) is 4.47 Å².